The number of methoxy groups -OCH3 is 1. The topological polar surface area (TPSA) is 21.3 Å². The molecule has 2 unspecified atom stereocenters. The number of rotatable bonds is 4. The number of halogens is 1. The standard InChI is InChI=1S/C16H24FNO/c1-3-18-14-7-5-4-6-12(10-14)13-8-9-16(19-2)15(17)11-13/h8-9,11-12,14,18H,3-7,10H2,1-2H3. The van der Waals surface area contributed by atoms with Crippen LogP contribution in [0.3, 0.4) is 0 Å². The Morgan fingerprint density at radius 1 is 1.32 bits per heavy atom. The average Bonchev–Trinajstić information content (AvgIpc) is 2.65. The molecule has 0 bridgehead atoms. The van der Waals surface area contributed by atoms with Crippen LogP contribution in [0.5, 0.6) is 5.75 Å². The molecule has 0 heterocycles. The molecule has 19 heavy (non-hydrogen) atoms. The summed E-state index contributed by atoms with van der Waals surface area (Å²) in [5.41, 5.74) is 1.11. The van der Waals surface area contributed by atoms with Gasteiger partial charge in [0, 0.05) is 6.04 Å². The molecule has 1 aromatic rings. The highest BCUT2D eigenvalue weighted by Gasteiger charge is 2.21. The second kappa shape index (κ2) is 6.90. The van der Waals surface area contributed by atoms with Crippen molar-refractivity contribution in [2.24, 2.45) is 0 Å². The van der Waals surface area contributed by atoms with E-state index in [2.05, 4.69) is 12.2 Å². The van der Waals surface area contributed by atoms with Crippen molar-refractivity contribution in [1.29, 1.82) is 0 Å². The first-order valence-electron chi connectivity index (χ1n) is 7.31. The monoisotopic (exact) mass is 265 g/mol. The van der Waals surface area contributed by atoms with Gasteiger partial charge in [-0.3, -0.25) is 0 Å². The van der Waals surface area contributed by atoms with Gasteiger partial charge in [-0.25, -0.2) is 4.39 Å². The second-order valence-electron chi connectivity index (χ2n) is 5.37. The van der Waals surface area contributed by atoms with Gasteiger partial charge in [-0.05, 0) is 49.4 Å². The van der Waals surface area contributed by atoms with Crippen molar-refractivity contribution in [3.05, 3.63) is 29.6 Å². The first kappa shape index (κ1) is 14.3. The Hall–Kier alpha value is -1.09. The first-order chi connectivity index (χ1) is 9.24. The van der Waals surface area contributed by atoms with E-state index in [1.807, 2.05) is 6.07 Å². The molecule has 0 aliphatic heterocycles. The molecule has 2 nitrogen and oxygen atoms in total. The van der Waals surface area contributed by atoms with Gasteiger partial charge in [0.2, 0.25) is 0 Å². The molecular weight excluding hydrogens is 241 g/mol. The predicted octanol–water partition coefficient (Wildman–Crippen LogP) is 3.86. The molecule has 1 aromatic carbocycles. The van der Waals surface area contributed by atoms with Crippen LogP contribution in [0, 0.1) is 5.82 Å². The lowest BCUT2D eigenvalue weighted by Crippen LogP contribution is -2.29. The summed E-state index contributed by atoms with van der Waals surface area (Å²) in [6.07, 6.45) is 6.02. The predicted molar refractivity (Wildman–Crippen MR) is 76.2 cm³/mol. The Bertz CT molecular complexity index is 408. The quantitative estimate of drug-likeness (QED) is 0.835. The summed E-state index contributed by atoms with van der Waals surface area (Å²) in [6.45, 7) is 3.15. The third-order valence-corrected chi connectivity index (χ3v) is 4.06. The van der Waals surface area contributed by atoms with Crippen molar-refractivity contribution >= 4 is 0 Å². The largest absolute Gasteiger partial charge is 0.494 e. The van der Waals surface area contributed by atoms with Crippen molar-refractivity contribution in [1.82, 2.24) is 5.32 Å². The molecule has 2 rings (SSSR count). The number of hydrogen-bond acceptors (Lipinski definition) is 2. The zero-order valence-electron chi connectivity index (χ0n) is 11.9. The number of ether oxygens (including phenoxy) is 1. The Balaban J connectivity index is 2.12. The van der Waals surface area contributed by atoms with Crippen LogP contribution in [0.25, 0.3) is 0 Å². The second-order valence-corrected chi connectivity index (χ2v) is 5.37. The maximum absolute atomic E-state index is 13.8. The van der Waals surface area contributed by atoms with Gasteiger partial charge < -0.3 is 10.1 Å². The molecule has 2 atom stereocenters. The van der Waals surface area contributed by atoms with Crippen LogP contribution in [-0.2, 0) is 0 Å². The number of hydrogen-bond donors (Lipinski definition) is 1. The van der Waals surface area contributed by atoms with Crippen LogP contribution in [-0.4, -0.2) is 19.7 Å². The molecule has 0 spiro atoms. The van der Waals surface area contributed by atoms with E-state index in [0.29, 0.717) is 17.7 Å². The molecule has 1 saturated carbocycles. The minimum atomic E-state index is -0.246. The molecule has 0 radical (unpaired) electrons. The average molecular weight is 265 g/mol. The van der Waals surface area contributed by atoms with E-state index in [-0.39, 0.29) is 5.82 Å². The minimum Gasteiger partial charge on any atom is -0.494 e. The maximum atomic E-state index is 13.8. The van der Waals surface area contributed by atoms with E-state index in [9.17, 15) is 4.39 Å². The summed E-state index contributed by atoms with van der Waals surface area (Å²) >= 11 is 0. The van der Waals surface area contributed by atoms with Crippen LogP contribution < -0.4 is 10.1 Å². The zero-order chi connectivity index (χ0) is 13.7. The van der Waals surface area contributed by atoms with Gasteiger partial charge in [0.15, 0.2) is 11.6 Å². The van der Waals surface area contributed by atoms with Crippen LogP contribution in [0.4, 0.5) is 4.39 Å². The summed E-state index contributed by atoms with van der Waals surface area (Å²) in [5.74, 6) is 0.553. The summed E-state index contributed by atoms with van der Waals surface area (Å²) in [4.78, 5) is 0. The lowest BCUT2D eigenvalue weighted by molar-refractivity contribution is 0.385. The van der Waals surface area contributed by atoms with E-state index in [1.165, 1.54) is 26.4 Å². The number of benzene rings is 1. The van der Waals surface area contributed by atoms with E-state index < -0.39 is 0 Å². The summed E-state index contributed by atoms with van der Waals surface area (Å²) in [6, 6.07) is 5.99. The Labute approximate surface area is 115 Å². The van der Waals surface area contributed by atoms with Crippen LogP contribution in [0.2, 0.25) is 0 Å². The lowest BCUT2D eigenvalue weighted by atomic mass is 9.90. The van der Waals surface area contributed by atoms with Gasteiger partial charge in [0.25, 0.3) is 0 Å². The highest BCUT2D eigenvalue weighted by molar-refractivity contribution is 5.31. The van der Waals surface area contributed by atoms with Gasteiger partial charge in [0.05, 0.1) is 7.11 Å². The van der Waals surface area contributed by atoms with Crippen molar-refractivity contribution in [3.63, 3.8) is 0 Å². The molecule has 0 aromatic heterocycles. The fraction of sp³-hybridized carbons (Fsp3) is 0.625. The van der Waals surface area contributed by atoms with E-state index in [1.54, 1.807) is 12.1 Å². The van der Waals surface area contributed by atoms with Gasteiger partial charge in [-0.15, -0.1) is 0 Å². The molecule has 1 aliphatic carbocycles. The molecule has 1 fully saturated rings. The fourth-order valence-corrected chi connectivity index (χ4v) is 3.07. The third kappa shape index (κ3) is 3.69. The molecular formula is C16H24FNO. The van der Waals surface area contributed by atoms with Crippen LogP contribution in [0.1, 0.15) is 50.5 Å². The fourth-order valence-electron chi connectivity index (χ4n) is 3.07. The molecule has 0 amide bonds. The maximum Gasteiger partial charge on any atom is 0.165 e. The van der Waals surface area contributed by atoms with Gasteiger partial charge >= 0.3 is 0 Å². The van der Waals surface area contributed by atoms with Crippen molar-refractivity contribution in [3.8, 4) is 5.75 Å². The van der Waals surface area contributed by atoms with E-state index in [0.717, 1.165) is 24.9 Å². The summed E-state index contributed by atoms with van der Waals surface area (Å²) in [5, 5.41) is 3.54. The van der Waals surface area contributed by atoms with E-state index in [4.69, 9.17) is 4.74 Å². The normalized spacial score (nSPS) is 23.9. The van der Waals surface area contributed by atoms with Crippen molar-refractivity contribution < 1.29 is 9.13 Å². The summed E-state index contributed by atoms with van der Waals surface area (Å²) < 4.78 is 18.8. The Kier molecular flexibility index (Phi) is 5.20. The number of nitrogens with one attached hydrogen (secondary N) is 1. The first-order valence-corrected chi connectivity index (χ1v) is 7.31. The minimum absolute atomic E-state index is 0.246. The smallest absolute Gasteiger partial charge is 0.165 e. The van der Waals surface area contributed by atoms with Gasteiger partial charge in [-0.2, -0.15) is 0 Å². The zero-order valence-corrected chi connectivity index (χ0v) is 11.9. The van der Waals surface area contributed by atoms with E-state index >= 15 is 0 Å². The molecule has 1 aliphatic rings. The lowest BCUT2D eigenvalue weighted by Gasteiger charge is -2.21. The molecule has 1 N–H and O–H groups in total. The SMILES string of the molecule is CCNC1CCCCC(c2ccc(OC)c(F)c2)C1. The summed E-state index contributed by atoms with van der Waals surface area (Å²) in [7, 11) is 1.50. The molecule has 0 saturated heterocycles. The highest BCUT2D eigenvalue weighted by atomic mass is 19.1. The highest BCUT2D eigenvalue weighted by Crippen LogP contribution is 2.33. The Morgan fingerprint density at radius 2 is 2.11 bits per heavy atom. The van der Waals surface area contributed by atoms with Crippen molar-refractivity contribution in [2.75, 3.05) is 13.7 Å². The van der Waals surface area contributed by atoms with Gasteiger partial charge in [0.1, 0.15) is 0 Å². The van der Waals surface area contributed by atoms with Gasteiger partial charge in [-0.1, -0.05) is 25.8 Å². The van der Waals surface area contributed by atoms with Crippen LogP contribution >= 0.6 is 0 Å². The third-order valence-electron chi connectivity index (χ3n) is 4.06. The van der Waals surface area contributed by atoms with Crippen molar-refractivity contribution in [2.45, 2.75) is 51.0 Å². The Morgan fingerprint density at radius 3 is 2.79 bits per heavy atom. The molecule has 3 heteroatoms. The molecule has 106 valence electrons. The van der Waals surface area contributed by atoms with Crippen LogP contribution in [0.15, 0.2) is 18.2 Å².